The number of anilines is 1. The van der Waals surface area contributed by atoms with Gasteiger partial charge in [0, 0.05) is 44.4 Å². The van der Waals surface area contributed by atoms with Crippen LogP contribution in [0.2, 0.25) is 0 Å². The molecule has 1 amide bonds. The topological polar surface area (TPSA) is 101 Å². The van der Waals surface area contributed by atoms with Crippen molar-refractivity contribution in [2.45, 2.75) is 30.9 Å². The van der Waals surface area contributed by atoms with Crippen LogP contribution in [0.3, 0.4) is 0 Å². The third-order valence-electron chi connectivity index (χ3n) is 4.45. The molecule has 1 spiro atoms. The van der Waals surface area contributed by atoms with E-state index >= 15 is 0 Å². The summed E-state index contributed by atoms with van der Waals surface area (Å²) in [5.41, 5.74) is -0.405. The Bertz CT molecular complexity index is 697. The molecule has 24 heavy (non-hydrogen) atoms. The second-order valence-corrected chi connectivity index (χ2v) is 8.71. The number of nitrogens with zero attached hydrogens (tertiary/aromatic N) is 3. The highest BCUT2D eigenvalue weighted by molar-refractivity contribution is 7.91. The maximum atomic E-state index is 12.1. The molecule has 0 aromatic carbocycles. The number of likely N-dealkylation sites (tertiary alicyclic amines) is 1. The fourth-order valence-corrected chi connectivity index (χ4v) is 4.00. The van der Waals surface area contributed by atoms with Gasteiger partial charge in [0.05, 0.1) is 5.60 Å². The van der Waals surface area contributed by atoms with Crippen molar-refractivity contribution in [2.24, 2.45) is 0 Å². The van der Waals surface area contributed by atoms with E-state index in [1.807, 2.05) is 0 Å². The zero-order chi connectivity index (χ0) is 17.2. The summed E-state index contributed by atoms with van der Waals surface area (Å²) in [5, 5.41) is 3.31. The Balaban J connectivity index is 1.61. The normalized spacial score (nSPS) is 27.4. The summed E-state index contributed by atoms with van der Waals surface area (Å²) < 4.78 is 28.6. The van der Waals surface area contributed by atoms with Crippen LogP contribution in [0.1, 0.15) is 19.3 Å². The number of amides is 1. The molecule has 8 nitrogen and oxygen atoms in total. The van der Waals surface area contributed by atoms with E-state index in [-0.39, 0.29) is 11.9 Å². The van der Waals surface area contributed by atoms with E-state index in [2.05, 4.69) is 15.3 Å². The molecule has 0 radical (unpaired) electrons. The Morgan fingerprint density at radius 1 is 1.46 bits per heavy atom. The van der Waals surface area contributed by atoms with Crippen molar-refractivity contribution in [1.82, 2.24) is 14.9 Å². The minimum atomic E-state index is -3.32. The molecule has 1 N–H and O–H groups in total. The van der Waals surface area contributed by atoms with Gasteiger partial charge in [-0.25, -0.2) is 18.4 Å². The van der Waals surface area contributed by atoms with Crippen LogP contribution in [-0.2, 0) is 19.4 Å². The summed E-state index contributed by atoms with van der Waals surface area (Å²) >= 11 is 0. The molecule has 1 aromatic rings. The summed E-state index contributed by atoms with van der Waals surface area (Å²) in [5.74, 6) is -0.204. The molecule has 2 fully saturated rings. The number of sulfone groups is 1. The second kappa shape index (κ2) is 6.64. The Hall–Kier alpha value is -1.74. The number of carbonyl (C=O) groups excluding carboxylic acids is 1. The zero-order valence-electron chi connectivity index (χ0n) is 13.6. The monoisotopic (exact) mass is 354 g/mol. The lowest BCUT2D eigenvalue weighted by atomic mass is 9.89. The van der Waals surface area contributed by atoms with Crippen LogP contribution in [0.5, 0.6) is 0 Å². The zero-order valence-corrected chi connectivity index (χ0v) is 14.5. The fraction of sp³-hybridized carbons (Fsp3) is 0.667. The second-order valence-electron chi connectivity index (χ2n) is 6.57. The van der Waals surface area contributed by atoms with E-state index in [0.29, 0.717) is 25.6 Å². The average molecular weight is 354 g/mol. The Morgan fingerprint density at radius 2 is 2.21 bits per heavy atom. The third-order valence-corrected chi connectivity index (χ3v) is 5.22. The van der Waals surface area contributed by atoms with Crippen molar-refractivity contribution in [3.8, 4) is 0 Å². The molecule has 2 saturated heterocycles. The van der Waals surface area contributed by atoms with Gasteiger partial charge in [0.15, 0.2) is 9.84 Å². The highest BCUT2D eigenvalue weighted by Gasteiger charge is 2.45. The Morgan fingerprint density at radius 3 is 2.92 bits per heavy atom. The maximum absolute atomic E-state index is 12.1. The Labute approximate surface area is 141 Å². The molecule has 0 saturated carbocycles. The van der Waals surface area contributed by atoms with E-state index in [0.717, 1.165) is 25.5 Å². The van der Waals surface area contributed by atoms with Crippen molar-refractivity contribution in [3.05, 3.63) is 18.5 Å². The van der Waals surface area contributed by atoms with E-state index in [4.69, 9.17) is 4.74 Å². The van der Waals surface area contributed by atoms with Gasteiger partial charge in [0.25, 0.3) is 0 Å². The van der Waals surface area contributed by atoms with Crippen LogP contribution < -0.4 is 5.32 Å². The largest absolute Gasteiger partial charge is 0.373 e. The lowest BCUT2D eigenvalue weighted by Crippen LogP contribution is -2.47. The molecule has 0 bridgehead atoms. The van der Waals surface area contributed by atoms with Gasteiger partial charge >= 0.3 is 0 Å². The molecule has 3 rings (SSSR count). The van der Waals surface area contributed by atoms with Crippen LogP contribution in [0, 0.1) is 0 Å². The van der Waals surface area contributed by atoms with Gasteiger partial charge in [-0.2, -0.15) is 0 Å². The van der Waals surface area contributed by atoms with Crippen molar-refractivity contribution < 1.29 is 17.9 Å². The number of hydrogen-bond acceptors (Lipinski definition) is 7. The average Bonchev–Trinajstić information content (AvgIpc) is 2.90. The van der Waals surface area contributed by atoms with Gasteiger partial charge in [0.2, 0.25) is 11.9 Å². The van der Waals surface area contributed by atoms with Crippen LogP contribution >= 0.6 is 0 Å². The molecule has 3 heterocycles. The predicted molar refractivity (Wildman–Crippen MR) is 88.3 cm³/mol. The molecule has 132 valence electrons. The smallest absolute Gasteiger partial charge is 0.237 e. The van der Waals surface area contributed by atoms with Crippen LogP contribution in [0.15, 0.2) is 18.5 Å². The first kappa shape index (κ1) is 17.1. The maximum Gasteiger partial charge on any atom is 0.237 e. The molecule has 0 unspecified atom stereocenters. The number of nitrogens with one attached hydrogen (secondary N) is 1. The summed E-state index contributed by atoms with van der Waals surface area (Å²) in [7, 11) is -3.32. The molecule has 2 atom stereocenters. The standard InChI is InChI=1S/C15H22N4O4S/c1-24(21,22)10-13(20)19-7-4-15(11-19)9-12(3-8-23-15)18-14-16-5-2-6-17-14/h2,5-6,12H,3-4,7-11H2,1H3,(H,16,17,18)/t12-,15+/m0/s1. The van der Waals surface area contributed by atoms with Gasteiger partial charge in [-0.15, -0.1) is 0 Å². The molecular weight excluding hydrogens is 332 g/mol. The van der Waals surface area contributed by atoms with Crippen molar-refractivity contribution in [2.75, 3.05) is 37.0 Å². The predicted octanol–water partition coefficient (Wildman–Crippen LogP) is 0.0832. The SMILES string of the molecule is CS(=O)(=O)CC(=O)N1CC[C@@]2(C[C@@H](Nc3ncccn3)CCO2)C1. The van der Waals surface area contributed by atoms with Gasteiger partial charge in [-0.1, -0.05) is 0 Å². The van der Waals surface area contributed by atoms with E-state index < -0.39 is 21.2 Å². The lowest BCUT2D eigenvalue weighted by molar-refractivity contribution is -0.130. The van der Waals surface area contributed by atoms with E-state index in [1.54, 1.807) is 23.4 Å². The molecule has 2 aliphatic rings. The minimum Gasteiger partial charge on any atom is -0.373 e. The van der Waals surface area contributed by atoms with Gasteiger partial charge in [-0.05, 0) is 25.3 Å². The first-order chi connectivity index (χ1) is 11.4. The van der Waals surface area contributed by atoms with Crippen molar-refractivity contribution in [1.29, 1.82) is 0 Å². The van der Waals surface area contributed by atoms with E-state index in [9.17, 15) is 13.2 Å². The molecule has 0 aliphatic carbocycles. The number of hydrogen-bond donors (Lipinski definition) is 1. The molecule has 1 aromatic heterocycles. The van der Waals surface area contributed by atoms with Crippen molar-refractivity contribution >= 4 is 21.7 Å². The number of rotatable bonds is 4. The number of carbonyl (C=O) groups is 1. The summed E-state index contributed by atoms with van der Waals surface area (Å²) in [4.78, 5) is 22.1. The van der Waals surface area contributed by atoms with Gasteiger partial charge in [0.1, 0.15) is 5.75 Å². The quantitative estimate of drug-likeness (QED) is 0.817. The first-order valence-electron chi connectivity index (χ1n) is 7.98. The Kier molecular flexibility index (Phi) is 4.73. The number of aromatic nitrogens is 2. The lowest BCUT2D eigenvalue weighted by Gasteiger charge is -2.38. The summed E-state index contributed by atoms with van der Waals surface area (Å²) in [6, 6.07) is 1.94. The van der Waals surface area contributed by atoms with Crippen LogP contribution in [0.4, 0.5) is 5.95 Å². The highest BCUT2D eigenvalue weighted by atomic mass is 32.2. The first-order valence-corrected chi connectivity index (χ1v) is 10.0. The fourth-order valence-electron chi connectivity index (χ4n) is 3.36. The van der Waals surface area contributed by atoms with Crippen molar-refractivity contribution in [3.63, 3.8) is 0 Å². The summed E-state index contributed by atoms with van der Waals surface area (Å²) in [6.45, 7) is 1.57. The number of ether oxygens (including phenoxy) is 1. The van der Waals surface area contributed by atoms with Crippen LogP contribution in [-0.4, -0.2) is 72.5 Å². The molecule has 9 heteroatoms. The third kappa shape index (κ3) is 4.21. The van der Waals surface area contributed by atoms with Gasteiger partial charge < -0.3 is 15.0 Å². The van der Waals surface area contributed by atoms with E-state index in [1.165, 1.54) is 0 Å². The molecular formula is C15H22N4O4S. The van der Waals surface area contributed by atoms with Gasteiger partial charge in [-0.3, -0.25) is 4.79 Å². The van der Waals surface area contributed by atoms with Crippen LogP contribution in [0.25, 0.3) is 0 Å². The summed E-state index contributed by atoms with van der Waals surface area (Å²) in [6.07, 6.45) is 6.76. The molecule has 2 aliphatic heterocycles. The minimum absolute atomic E-state index is 0.172. The highest BCUT2D eigenvalue weighted by Crippen LogP contribution is 2.35.